The lowest BCUT2D eigenvalue weighted by Crippen LogP contribution is -2.56. The van der Waals surface area contributed by atoms with Crippen molar-refractivity contribution in [3.05, 3.63) is 28.2 Å². The van der Waals surface area contributed by atoms with Gasteiger partial charge in [0.2, 0.25) is 0 Å². The van der Waals surface area contributed by atoms with Gasteiger partial charge in [0.15, 0.2) is 0 Å². The normalized spacial score (nSPS) is 24.8. The smallest absolute Gasteiger partial charge is 0.0511 e. The minimum Gasteiger partial charge on any atom is -0.396 e. The number of rotatable bonds is 3. The van der Waals surface area contributed by atoms with Crippen LogP contribution in [0.5, 0.6) is 0 Å². The van der Waals surface area contributed by atoms with Crippen molar-refractivity contribution in [3.63, 3.8) is 0 Å². The molecular weight excluding hydrogens is 304 g/mol. The lowest BCUT2D eigenvalue weighted by Gasteiger charge is -2.45. The van der Waals surface area contributed by atoms with Gasteiger partial charge in [-0.15, -0.1) is 0 Å². The molecule has 1 aliphatic heterocycles. The van der Waals surface area contributed by atoms with Gasteiger partial charge < -0.3 is 10.0 Å². The maximum atomic E-state index is 9.22. The molecule has 1 aromatic carbocycles. The summed E-state index contributed by atoms with van der Waals surface area (Å²) in [6, 6.07) is 7.43. The number of piperazine rings is 1. The average Bonchev–Trinajstić information content (AvgIpc) is 2.35. The molecule has 1 fully saturated rings. The second-order valence-electron chi connectivity index (χ2n) is 5.54. The van der Waals surface area contributed by atoms with E-state index in [-0.39, 0.29) is 6.61 Å². The Bertz CT molecular complexity index is 438. The SMILES string of the molecule is Cc1ccc(N2CC(C)N(C)C(CCO)C2)c(Br)c1. The van der Waals surface area contributed by atoms with E-state index in [1.165, 1.54) is 11.3 Å². The summed E-state index contributed by atoms with van der Waals surface area (Å²) in [6.07, 6.45) is 0.834. The van der Waals surface area contributed by atoms with Crippen molar-refractivity contribution >= 4 is 21.6 Å². The summed E-state index contributed by atoms with van der Waals surface area (Å²) < 4.78 is 1.16. The van der Waals surface area contributed by atoms with Gasteiger partial charge in [0.05, 0.1) is 5.69 Å². The number of nitrogens with zero attached hydrogens (tertiary/aromatic N) is 2. The van der Waals surface area contributed by atoms with Crippen LogP contribution >= 0.6 is 15.9 Å². The first-order chi connectivity index (χ1) is 9.02. The molecule has 1 saturated heterocycles. The molecule has 106 valence electrons. The van der Waals surface area contributed by atoms with E-state index in [0.29, 0.717) is 12.1 Å². The van der Waals surface area contributed by atoms with Crippen LogP contribution < -0.4 is 4.90 Å². The summed E-state index contributed by atoms with van der Waals surface area (Å²) >= 11 is 3.67. The average molecular weight is 327 g/mol. The number of aliphatic hydroxyl groups excluding tert-OH is 1. The summed E-state index contributed by atoms with van der Waals surface area (Å²) in [7, 11) is 2.16. The molecule has 0 aromatic heterocycles. The van der Waals surface area contributed by atoms with Gasteiger partial charge in [-0.1, -0.05) is 6.07 Å². The second kappa shape index (κ2) is 6.25. The fraction of sp³-hybridized carbons (Fsp3) is 0.600. The molecule has 0 spiro atoms. The molecule has 3 nitrogen and oxygen atoms in total. The molecule has 1 aromatic rings. The minimum atomic E-state index is 0.255. The van der Waals surface area contributed by atoms with Crippen molar-refractivity contribution in [1.82, 2.24) is 4.90 Å². The molecule has 1 heterocycles. The van der Waals surface area contributed by atoms with Gasteiger partial charge in [0.1, 0.15) is 0 Å². The van der Waals surface area contributed by atoms with Crippen LogP contribution in [0.25, 0.3) is 0 Å². The van der Waals surface area contributed by atoms with Crippen LogP contribution in [-0.2, 0) is 0 Å². The van der Waals surface area contributed by atoms with Crippen molar-refractivity contribution in [2.45, 2.75) is 32.4 Å². The Hall–Kier alpha value is -0.580. The third kappa shape index (κ3) is 3.30. The summed E-state index contributed by atoms with van der Waals surface area (Å²) in [4.78, 5) is 4.81. The van der Waals surface area contributed by atoms with Crippen molar-refractivity contribution in [1.29, 1.82) is 0 Å². The molecule has 1 aliphatic rings. The lowest BCUT2D eigenvalue weighted by atomic mass is 10.0. The fourth-order valence-electron chi connectivity index (χ4n) is 2.77. The number of halogens is 1. The van der Waals surface area contributed by atoms with Crippen LogP contribution in [0.4, 0.5) is 5.69 Å². The first-order valence-corrected chi connectivity index (χ1v) is 7.66. The molecule has 4 heteroatoms. The molecule has 2 atom stereocenters. The van der Waals surface area contributed by atoms with Crippen molar-refractivity contribution < 1.29 is 5.11 Å². The van der Waals surface area contributed by atoms with Crippen LogP contribution in [0.2, 0.25) is 0 Å². The van der Waals surface area contributed by atoms with Crippen LogP contribution in [0.1, 0.15) is 18.9 Å². The van der Waals surface area contributed by atoms with Gasteiger partial charge in [-0.05, 0) is 60.9 Å². The molecular formula is C15H23BrN2O. The van der Waals surface area contributed by atoms with Crippen LogP contribution in [0, 0.1) is 6.92 Å². The maximum Gasteiger partial charge on any atom is 0.0511 e. The predicted octanol–water partition coefficient (Wildman–Crippen LogP) is 2.65. The first kappa shape index (κ1) is 14.8. The van der Waals surface area contributed by atoms with E-state index in [4.69, 9.17) is 0 Å². The second-order valence-corrected chi connectivity index (χ2v) is 6.39. The Morgan fingerprint density at radius 2 is 2.11 bits per heavy atom. The number of hydrogen-bond donors (Lipinski definition) is 1. The van der Waals surface area contributed by atoms with Crippen molar-refractivity contribution in [2.24, 2.45) is 0 Å². The molecule has 0 bridgehead atoms. The lowest BCUT2D eigenvalue weighted by molar-refractivity contribution is 0.128. The van der Waals surface area contributed by atoms with E-state index in [1.807, 2.05) is 0 Å². The largest absolute Gasteiger partial charge is 0.396 e. The number of likely N-dealkylation sites (N-methyl/N-ethyl adjacent to an activating group) is 1. The van der Waals surface area contributed by atoms with Gasteiger partial charge in [-0.25, -0.2) is 0 Å². The summed E-state index contributed by atoms with van der Waals surface area (Å²) in [5, 5.41) is 9.22. The third-order valence-corrected chi connectivity index (χ3v) is 4.73. The van der Waals surface area contributed by atoms with E-state index in [0.717, 1.165) is 24.0 Å². The number of hydrogen-bond acceptors (Lipinski definition) is 3. The highest BCUT2D eigenvalue weighted by molar-refractivity contribution is 9.10. The molecule has 2 unspecified atom stereocenters. The molecule has 1 N–H and O–H groups in total. The molecule has 0 amide bonds. The number of aliphatic hydroxyl groups is 1. The first-order valence-electron chi connectivity index (χ1n) is 6.87. The van der Waals surface area contributed by atoms with Crippen LogP contribution in [-0.4, -0.2) is 48.8 Å². The van der Waals surface area contributed by atoms with E-state index in [2.05, 4.69) is 64.8 Å². The van der Waals surface area contributed by atoms with E-state index >= 15 is 0 Å². The molecule has 0 aliphatic carbocycles. The zero-order chi connectivity index (χ0) is 14.0. The van der Waals surface area contributed by atoms with Crippen molar-refractivity contribution in [3.8, 4) is 0 Å². The van der Waals surface area contributed by atoms with Gasteiger partial charge in [-0.3, -0.25) is 4.90 Å². The quantitative estimate of drug-likeness (QED) is 0.925. The van der Waals surface area contributed by atoms with E-state index in [9.17, 15) is 5.11 Å². The standard InChI is InChI=1S/C15H23BrN2O/c1-11-4-5-15(14(16)8-11)18-9-12(2)17(3)13(10-18)6-7-19/h4-5,8,12-13,19H,6-7,9-10H2,1-3H3. The number of aryl methyl sites for hydroxylation is 1. The van der Waals surface area contributed by atoms with E-state index < -0.39 is 0 Å². The summed E-state index contributed by atoms with van der Waals surface area (Å²) in [6.45, 7) is 6.61. The Kier molecular flexibility index (Phi) is 4.87. The van der Waals surface area contributed by atoms with Crippen LogP contribution in [0.3, 0.4) is 0 Å². The Morgan fingerprint density at radius 1 is 1.37 bits per heavy atom. The fourth-order valence-corrected chi connectivity index (χ4v) is 3.52. The Morgan fingerprint density at radius 3 is 2.74 bits per heavy atom. The monoisotopic (exact) mass is 326 g/mol. The maximum absolute atomic E-state index is 9.22. The Labute approximate surface area is 124 Å². The van der Waals surface area contributed by atoms with Gasteiger partial charge in [0, 0.05) is 36.3 Å². The molecule has 0 saturated carbocycles. The van der Waals surface area contributed by atoms with Gasteiger partial charge in [0.25, 0.3) is 0 Å². The molecule has 19 heavy (non-hydrogen) atoms. The van der Waals surface area contributed by atoms with Crippen LogP contribution in [0.15, 0.2) is 22.7 Å². The molecule has 2 rings (SSSR count). The molecule has 0 radical (unpaired) electrons. The van der Waals surface area contributed by atoms with E-state index in [1.54, 1.807) is 0 Å². The zero-order valence-corrected chi connectivity index (χ0v) is 13.5. The number of anilines is 1. The minimum absolute atomic E-state index is 0.255. The Balaban J connectivity index is 2.20. The highest BCUT2D eigenvalue weighted by atomic mass is 79.9. The number of benzene rings is 1. The highest BCUT2D eigenvalue weighted by Crippen LogP contribution is 2.30. The van der Waals surface area contributed by atoms with Gasteiger partial charge in [-0.2, -0.15) is 0 Å². The summed E-state index contributed by atoms with van der Waals surface area (Å²) in [5.74, 6) is 0. The zero-order valence-electron chi connectivity index (χ0n) is 11.9. The predicted molar refractivity (Wildman–Crippen MR) is 83.8 cm³/mol. The topological polar surface area (TPSA) is 26.7 Å². The highest BCUT2D eigenvalue weighted by Gasteiger charge is 2.29. The van der Waals surface area contributed by atoms with Gasteiger partial charge >= 0.3 is 0 Å². The summed E-state index contributed by atoms with van der Waals surface area (Å²) in [5.41, 5.74) is 2.53. The van der Waals surface area contributed by atoms with Crippen molar-refractivity contribution in [2.75, 3.05) is 31.6 Å². The third-order valence-electron chi connectivity index (χ3n) is 4.09.